The average Bonchev–Trinajstić information content (AvgIpc) is 2.27. The Kier molecular flexibility index (Phi) is 3.90. The number of aliphatic hydroxyl groups excluding tert-OH is 1. The van der Waals surface area contributed by atoms with Gasteiger partial charge in [-0.2, -0.15) is 0 Å². The predicted octanol–water partition coefficient (Wildman–Crippen LogP) is 0.829. The minimum absolute atomic E-state index is 0.207. The molecule has 0 aliphatic rings. The quantitative estimate of drug-likeness (QED) is 0.349. The van der Waals surface area contributed by atoms with E-state index in [4.69, 9.17) is 22.6 Å². The SMILES string of the molecule is NNc1cc(CCl)ccc1C(O)C(=O)O. The molecular formula is C9H11ClN2O3. The van der Waals surface area contributed by atoms with E-state index in [1.165, 1.54) is 6.07 Å². The van der Waals surface area contributed by atoms with Crippen LogP contribution in [0.4, 0.5) is 5.69 Å². The molecule has 0 radical (unpaired) electrons. The van der Waals surface area contributed by atoms with Gasteiger partial charge in [0.15, 0.2) is 6.10 Å². The van der Waals surface area contributed by atoms with Crippen LogP contribution < -0.4 is 11.3 Å². The molecule has 6 heteroatoms. The normalized spacial score (nSPS) is 12.2. The van der Waals surface area contributed by atoms with Gasteiger partial charge in [-0.1, -0.05) is 12.1 Å². The van der Waals surface area contributed by atoms with Crippen molar-refractivity contribution in [2.45, 2.75) is 12.0 Å². The molecule has 82 valence electrons. The molecular weight excluding hydrogens is 220 g/mol. The first-order valence-electron chi connectivity index (χ1n) is 4.16. The minimum Gasteiger partial charge on any atom is -0.479 e. The van der Waals surface area contributed by atoms with Crippen LogP contribution in [0.3, 0.4) is 0 Å². The number of nitrogens with two attached hydrogens (primary N) is 1. The maximum absolute atomic E-state index is 10.6. The summed E-state index contributed by atoms with van der Waals surface area (Å²) in [5.74, 6) is 4.18. The second kappa shape index (κ2) is 4.97. The highest BCUT2D eigenvalue weighted by atomic mass is 35.5. The first-order valence-corrected chi connectivity index (χ1v) is 4.70. The Morgan fingerprint density at radius 1 is 1.60 bits per heavy atom. The number of nitrogen functional groups attached to an aromatic ring is 1. The molecule has 5 N–H and O–H groups in total. The second-order valence-electron chi connectivity index (χ2n) is 2.94. The maximum atomic E-state index is 10.6. The van der Waals surface area contributed by atoms with E-state index in [0.29, 0.717) is 5.69 Å². The number of aliphatic hydroxyl groups is 1. The van der Waals surface area contributed by atoms with Crippen LogP contribution in [0, 0.1) is 0 Å². The van der Waals surface area contributed by atoms with Gasteiger partial charge in [-0.3, -0.25) is 5.84 Å². The maximum Gasteiger partial charge on any atom is 0.337 e. The molecule has 15 heavy (non-hydrogen) atoms. The number of benzene rings is 1. The van der Waals surface area contributed by atoms with E-state index < -0.39 is 12.1 Å². The fourth-order valence-corrected chi connectivity index (χ4v) is 1.35. The molecule has 1 atom stereocenters. The summed E-state index contributed by atoms with van der Waals surface area (Å²) in [6, 6.07) is 4.70. The molecule has 0 heterocycles. The van der Waals surface area contributed by atoms with Crippen LogP contribution in [-0.4, -0.2) is 16.2 Å². The highest BCUT2D eigenvalue weighted by Crippen LogP contribution is 2.24. The molecule has 0 saturated heterocycles. The molecule has 0 spiro atoms. The molecule has 0 aliphatic heterocycles. The molecule has 0 aliphatic carbocycles. The fourth-order valence-electron chi connectivity index (χ4n) is 1.18. The lowest BCUT2D eigenvalue weighted by Crippen LogP contribution is -2.16. The van der Waals surface area contributed by atoms with Crippen molar-refractivity contribution in [3.8, 4) is 0 Å². The number of rotatable bonds is 4. The Labute approximate surface area is 91.4 Å². The summed E-state index contributed by atoms with van der Waals surface area (Å²) in [7, 11) is 0. The van der Waals surface area contributed by atoms with Crippen LogP contribution in [0.1, 0.15) is 17.2 Å². The number of hydrogen-bond donors (Lipinski definition) is 4. The summed E-state index contributed by atoms with van der Waals surface area (Å²) in [5, 5.41) is 18.0. The third kappa shape index (κ3) is 2.59. The van der Waals surface area contributed by atoms with Crippen molar-refractivity contribution in [3.05, 3.63) is 29.3 Å². The van der Waals surface area contributed by atoms with E-state index in [-0.39, 0.29) is 11.4 Å². The third-order valence-corrected chi connectivity index (χ3v) is 2.26. The van der Waals surface area contributed by atoms with Crippen molar-refractivity contribution in [3.63, 3.8) is 0 Å². The first-order chi connectivity index (χ1) is 7.10. The highest BCUT2D eigenvalue weighted by molar-refractivity contribution is 6.17. The summed E-state index contributed by atoms with van der Waals surface area (Å²) in [6.45, 7) is 0. The molecule has 0 aromatic heterocycles. The van der Waals surface area contributed by atoms with Crippen molar-refractivity contribution in [2.24, 2.45) is 5.84 Å². The van der Waals surface area contributed by atoms with Crippen LogP contribution in [0.25, 0.3) is 0 Å². The van der Waals surface area contributed by atoms with E-state index in [9.17, 15) is 9.90 Å². The molecule has 0 bridgehead atoms. The second-order valence-corrected chi connectivity index (χ2v) is 3.21. The zero-order valence-electron chi connectivity index (χ0n) is 7.77. The van der Waals surface area contributed by atoms with Crippen molar-refractivity contribution in [1.82, 2.24) is 0 Å². The summed E-state index contributed by atoms with van der Waals surface area (Å²) >= 11 is 5.60. The summed E-state index contributed by atoms with van der Waals surface area (Å²) in [6.07, 6.45) is -1.60. The van der Waals surface area contributed by atoms with Gasteiger partial charge in [-0.25, -0.2) is 4.79 Å². The topological polar surface area (TPSA) is 95.6 Å². The molecule has 1 aromatic carbocycles. The van der Waals surface area contributed by atoms with Crippen molar-refractivity contribution < 1.29 is 15.0 Å². The largest absolute Gasteiger partial charge is 0.479 e. The Bertz CT molecular complexity index is 370. The van der Waals surface area contributed by atoms with Crippen molar-refractivity contribution >= 4 is 23.3 Å². The first kappa shape index (κ1) is 11.8. The number of halogens is 1. The Morgan fingerprint density at radius 3 is 2.73 bits per heavy atom. The number of carbonyl (C=O) groups is 1. The summed E-state index contributed by atoms with van der Waals surface area (Å²) < 4.78 is 0. The summed E-state index contributed by atoms with van der Waals surface area (Å²) in [5.41, 5.74) is 3.66. The van der Waals surface area contributed by atoms with E-state index in [0.717, 1.165) is 5.56 Å². The standard InChI is InChI=1S/C9H11ClN2O3/c10-4-5-1-2-6(7(3-5)12-11)8(13)9(14)15/h1-3,8,12-13H,4,11H2,(H,14,15). The lowest BCUT2D eigenvalue weighted by Gasteiger charge is -2.12. The van der Waals surface area contributed by atoms with Gasteiger partial charge in [-0.05, 0) is 11.6 Å². The molecule has 1 unspecified atom stereocenters. The lowest BCUT2D eigenvalue weighted by atomic mass is 10.0. The number of hydrogen-bond acceptors (Lipinski definition) is 4. The Morgan fingerprint density at radius 2 is 2.27 bits per heavy atom. The van der Waals surface area contributed by atoms with Crippen LogP contribution >= 0.6 is 11.6 Å². The summed E-state index contributed by atoms with van der Waals surface area (Å²) in [4.78, 5) is 10.6. The fraction of sp³-hybridized carbons (Fsp3) is 0.222. The molecule has 1 aromatic rings. The van der Waals surface area contributed by atoms with E-state index in [1.807, 2.05) is 0 Å². The van der Waals surface area contributed by atoms with Crippen molar-refractivity contribution in [1.29, 1.82) is 0 Å². The van der Waals surface area contributed by atoms with Gasteiger partial charge in [0.2, 0.25) is 0 Å². The number of aliphatic carboxylic acids is 1. The number of hydrazine groups is 1. The zero-order chi connectivity index (χ0) is 11.4. The molecule has 0 saturated carbocycles. The molecule has 0 amide bonds. The van der Waals surface area contributed by atoms with Crippen LogP contribution in [0.2, 0.25) is 0 Å². The molecule has 1 rings (SSSR count). The average molecular weight is 231 g/mol. The van der Waals surface area contributed by atoms with Crippen LogP contribution in [0.15, 0.2) is 18.2 Å². The van der Waals surface area contributed by atoms with Gasteiger partial charge in [0.1, 0.15) is 0 Å². The minimum atomic E-state index is -1.60. The Hall–Kier alpha value is -1.30. The Balaban J connectivity index is 3.12. The van der Waals surface area contributed by atoms with E-state index in [2.05, 4.69) is 5.43 Å². The number of nitrogens with one attached hydrogen (secondary N) is 1. The van der Waals surface area contributed by atoms with Gasteiger partial charge < -0.3 is 15.6 Å². The molecule has 0 fully saturated rings. The van der Waals surface area contributed by atoms with Gasteiger partial charge in [0.25, 0.3) is 0 Å². The predicted molar refractivity (Wildman–Crippen MR) is 56.4 cm³/mol. The monoisotopic (exact) mass is 230 g/mol. The number of alkyl halides is 1. The van der Waals surface area contributed by atoms with Gasteiger partial charge in [0, 0.05) is 11.4 Å². The number of carboxylic acids is 1. The van der Waals surface area contributed by atoms with Gasteiger partial charge in [-0.15, -0.1) is 11.6 Å². The van der Waals surface area contributed by atoms with E-state index >= 15 is 0 Å². The van der Waals surface area contributed by atoms with Crippen LogP contribution in [-0.2, 0) is 10.7 Å². The zero-order valence-corrected chi connectivity index (χ0v) is 8.53. The van der Waals surface area contributed by atoms with Crippen molar-refractivity contribution in [2.75, 3.05) is 5.43 Å². The third-order valence-electron chi connectivity index (χ3n) is 1.96. The number of carboxylic acid groups (broad SMARTS) is 1. The lowest BCUT2D eigenvalue weighted by molar-refractivity contribution is -0.146. The van der Waals surface area contributed by atoms with Gasteiger partial charge in [0.05, 0.1) is 5.69 Å². The molecule has 5 nitrogen and oxygen atoms in total. The van der Waals surface area contributed by atoms with Gasteiger partial charge >= 0.3 is 5.97 Å². The highest BCUT2D eigenvalue weighted by Gasteiger charge is 2.19. The van der Waals surface area contributed by atoms with Crippen LogP contribution in [0.5, 0.6) is 0 Å². The smallest absolute Gasteiger partial charge is 0.337 e. The van der Waals surface area contributed by atoms with E-state index in [1.54, 1.807) is 12.1 Å². The number of anilines is 1.